The Kier molecular flexibility index (Phi) is 6.15. The van der Waals surface area contributed by atoms with Gasteiger partial charge in [-0.2, -0.15) is 0 Å². The van der Waals surface area contributed by atoms with E-state index in [4.69, 9.17) is 5.53 Å². The van der Waals surface area contributed by atoms with E-state index in [-0.39, 0.29) is 24.8 Å². The van der Waals surface area contributed by atoms with Crippen molar-refractivity contribution in [2.45, 2.75) is 45.1 Å². The first-order chi connectivity index (χ1) is 9.10. The lowest BCUT2D eigenvalue weighted by molar-refractivity contribution is -0.148. The van der Waals surface area contributed by atoms with E-state index in [1.54, 1.807) is 0 Å². The molecule has 1 N–H and O–H groups in total. The Morgan fingerprint density at radius 1 is 1.63 bits per heavy atom. The fraction of sp³-hybridized carbons (Fsp3) is 0.833. The van der Waals surface area contributed by atoms with Gasteiger partial charge >= 0.3 is 5.97 Å². The third kappa shape index (κ3) is 4.44. The summed E-state index contributed by atoms with van der Waals surface area (Å²) in [6, 6.07) is -0.741. The number of hydrogen-bond acceptors (Lipinski definition) is 3. The van der Waals surface area contributed by atoms with Crippen molar-refractivity contribution in [2.24, 2.45) is 11.0 Å². The minimum atomic E-state index is -0.950. The van der Waals surface area contributed by atoms with Crippen molar-refractivity contribution in [3.8, 4) is 0 Å². The molecule has 0 saturated carbocycles. The third-order valence-corrected chi connectivity index (χ3v) is 3.38. The zero-order valence-corrected chi connectivity index (χ0v) is 11.2. The number of rotatable bonds is 8. The van der Waals surface area contributed by atoms with Crippen molar-refractivity contribution in [1.29, 1.82) is 0 Å². The summed E-state index contributed by atoms with van der Waals surface area (Å²) in [7, 11) is 0. The molecule has 19 heavy (non-hydrogen) atoms. The summed E-state index contributed by atoms with van der Waals surface area (Å²) >= 11 is 0. The number of carbonyl (C=O) groups is 2. The van der Waals surface area contributed by atoms with Gasteiger partial charge in [0.1, 0.15) is 6.04 Å². The van der Waals surface area contributed by atoms with Crippen molar-refractivity contribution in [2.75, 3.05) is 13.1 Å². The van der Waals surface area contributed by atoms with Crippen LogP contribution < -0.4 is 0 Å². The van der Waals surface area contributed by atoms with Crippen molar-refractivity contribution in [1.82, 2.24) is 4.90 Å². The van der Waals surface area contributed by atoms with Gasteiger partial charge in [0.15, 0.2) is 0 Å². The minimum absolute atomic E-state index is 0.0589. The van der Waals surface area contributed by atoms with Gasteiger partial charge in [-0.3, -0.25) is 4.79 Å². The average molecular weight is 268 g/mol. The number of likely N-dealkylation sites (tertiary alicyclic amines) is 1. The van der Waals surface area contributed by atoms with Gasteiger partial charge < -0.3 is 10.0 Å². The summed E-state index contributed by atoms with van der Waals surface area (Å²) < 4.78 is 0. The van der Waals surface area contributed by atoms with Crippen molar-refractivity contribution in [3.63, 3.8) is 0 Å². The lowest BCUT2D eigenvalue weighted by Gasteiger charge is -2.24. The van der Waals surface area contributed by atoms with Crippen LogP contribution in [0.5, 0.6) is 0 Å². The SMILES string of the molecule is CCCCC[C@@H](C(=O)O)N1CC(CN=[N+]=[N-])CC1=O. The molecule has 0 bridgehead atoms. The zero-order valence-electron chi connectivity index (χ0n) is 11.2. The van der Waals surface area contributed by atoms with Gasteiger partial charge in [0.05, 0.1) is 0 Å². The number of unbranched alkanes of at least 4 members (excludes halogenated alkanes) is 2. The van der Waals surface area contributed by atoms with E-state index in [0.29, 0.717) is 13.0 Å². The third-order valence-electron chi connectivity index (χ3n) is 3.38. The topological polar surface area (TPSA) is 106 Å². The Morgan fingerprint density at radius 3 is 2.95 bits per heavy atom. The first-order valence-corrected chi connectivity index (χ1v) is 6.63. The van der Waals surface area contributed by atoms with Crippen LogP contribution in [0.15, 0.2) is 5.11 Å². The van der Waals surface area contributed by atoms with Crippen LogP contribution in [-0.4, -0.2) is 41.0 Å². The lowest BCUT2D eigenvalue weighted by atomic mass is 10.1. The number of amides is 1. The maximum atomic E-state index is 11.9. The van der Waals surface area contributed by atoms with E-state index in [9.17, 15) is 14.7 Å². The smallest absolute Gasteiger partial charge is 0.326 e. The van der Waals surface area contributed by atoms with Crippen molar-refractivity contribution in [3.05, 3.63) is 10.4 Å². The van der Waals surface area contributed by atoms with Gasteiger partial charge in [-0.1, -0.05) is 31.3 Å². The standard InChI is InChI=1S/C12H20N4O3/c1-2-3-4-5-10(12(18)19)16-8-9(6-11(16)17)7-14-15-13/h9-10H,2-8H2,1H3,(H,18,19)/t9?,10-/m0/s1. The molecule has 1 heterocycles. The highest BCUT2D eigenvalue weighted by molar-refractivity contribution is 5.85. The van der Waals surface area contributed by atoms with Crippen LogP contribution in [0.25, 0.3) is 10.4 Å². The summed E-state index contributed by atoms with van der Waals surface area (Å²) in [5, 5.41) is 12.7. The second-order valence-corrected chi connectivity index (χ2v) is 4.88. The average Bonchev–Trinajstić information content (AvgIpc) is 2.73. The number of carboxylic acids is 1. The highest BCUT2D eigenvalue weighted by Crippen LogP contribution is 2.23. The molecule has 0 aromatic rings. The summed E-state index contributed by atoms with van der Waals surface area (Å²) in [6.07, 6.45) is 3.55. The molecule has 106 valence electrons. The highest BCUT2D eigenvalue weighted by atomic mass is 16.4. The van der Waals surface area contributed by atoms with Crippen molar-refractivity contribution < 1.29 is 14.7 Å². The van der Waals surface area contributed by atoms with E-state index in [0.717, 1.165) is 19.3 Å². The number of aliphatic carboxylic acids is 1. The molecule has 1 unspecified atom stereocenters. The van der Waals surface area contributed by atoms with Crippen LogP contribution in [0.2, 0.25) is 0 Å². The second kappa shape index (κ2) is 7.63. The molecule has 1 aliphatic heterocycles. The van der Waals surface area contributed by atoms with Gasteiger partial charge in [-0.05, 0) is 17.9 Å². The van der Waals surface area contributed by atoms with Gasteiger partial charge in [0.25, 0.3) is 0 Å². The molecule has 1 amide bonds. The molecule has 2 atom stereocenters. The normalized spacial score (nSPS) is 20.2. The number of nitrogens with zero attached hydrogens (tertiary/aromatic N) is 4. The van der Waals surface area contributed by atoms with Gasteiger partial charge in [0, 0.05) is 24.4 Å². The molecule has 1 aliphatic rings. The molecule has 1 saturated heterocycles. The summed E-state index contributed by atoms with van der Waals surface area (Å²) in [4.78, 5) is 27.2. The highest BCUT2D eigenvalue weighted by Gasteiger charge is 2.36. The fourth-order valence-corrected chi connectivity index (χ4v) is 2.38. The number of hydrogen-bond donors (Lipinski definition) is 1. The maximum Gasteiger partial charge on any atom is 0.326 e. The first kappa shape index (κ1) is 15.3. The molecule has 0 spiro atoms. The number of azide groups is 1. The Balaban J connectivity index is 2.61. The predicted octanol–water partition coefficient (Wildman–Crippen LogP) is 2.18. The minimum Gasteiger partial charge on any atom is -0.480 e. The van der Waals surface area contributed by atoms with Crippen LogP contribution in [0, 0.1) is 5.92 Å². The zero-order chi connectivity index (χ0) is 14.3. The van der Waals surface area contributed by atoms with E-state index < -0.39 is 12.0 Å². The van der Waals surface area contributed by atoms with Crippen LogP contribution in [0.3, 0.4) is 0 Å². The quantitative estimate of drug-likeness (QED) is 0.315. The summed E-state index contributed by atoms with van der Waals surface area (Å²) in [5.74, 6) is -1.16. The molecule has 7 nitrogen and oxygen atoms in total. The molecule has 0 aromatic carbocycles. The van der Waals surface area contributed by atoms with Gasteiger partial charge in [-0.15, -0.1) is 0 Å². The van der Waals surface area contributed by atoms with Gasteiger partial charge in [0.2, 0.25) is 5.91 Å². The Bertz CT molecular complexity index is 379. The van der Waals surface area contributed by atoms with Gasteiger partial charge in [-0.25, -0.2) is 4.79 Å². The number of carboxylic acid groups (broad SMARTS) is 1. The van der Waals surface area contributed by atoms with Crippen LogP contribution in [0.1, 0.15) is 39.0 Å². The molecule has 1 rings (SSSR count). The van der Waals surface area contributed by atoms with Crippen LogP contribution in [-0.2, 0) is 9.59 Å². The Morgan fingerprint density at radius 2 is 2.37 bits per heavy atom. The van der Waals surface area contributed by atoms with E-state index >= 15 is 0 Å². The molecular formula is C12H20N4O3. The molecule has 7 heteroatoms. The molecular weight excluding hydrogens is 248 g/mol. The second-order valence-electron chi connectivity index (χ2n) is 4.88. The maximum absolute atomic E-state index is 11.9. The van der Waals surface area contributed by atoms with Crippen LogP contribution in [0.4, 0.5) is 0 Å². The number of carbonyl (C=O) groups excluding carboxylic acids is 1. The first-order valence-electron chi connectivity index (χ1n) is 6.63. The lowest BCUT2D eigenvalue weighted by Crippen LogP contribution is -2.42. The van der Waals surface area contributed by atoms with E-state index in [2.05, 4.69) is 10.0 Å². The molecule has 1 fully saturated rings. The summed E-state index contributed by atoms with van der Waals surface area (Å²) in [5.41, 5.74) is 8.26. The largest absolute Gasteiger partial charge is 0.480 e. The molecule has 0 aromatic heterocycles. The Hall–Kier alpha value is -1.75. The summed E-state index contributed by atoms with van der Waals surface area (Å²) in [6.45, 7) is 2.67. The predicted molar refractivity (Wildman–Crippen MR) is 69.4 cm³/mol. The van der Waals surface area contributed by atoms with Crippen molar-refractivity contribution >= 4 is 11.9 Å². The molecule has 0 radical (unpaired) electrons. The molecule has 0 aliphatic carbocycles. The monoisotopic (exact) mass is 268 g/mol. The van der Waals surface area contributed by atoms with E-state index in [1.165, 1.54) is 4.90 Å². The Labute approximate surface area is 112 Å². The fourth-order valence-electron chi connectivity index (χ4n) is 2.38. The van der Waals surface area contributed by atoms with E-state index in [1.807, 2.05) is 6.92 Å². The van der Waals surface area contributed by atoms with Crippen LogP contribution >= 0.6 is 0 Å².